The molecule has 1 aromatic carbocycles. The Morgan fingerprint density at radius 1 is 1.42 bits per heavy atom. The van der Waals surface area contributed by atoms with Crippen LogP contribution in [0.2, 0.25) is 0 Å². The molecule has 1 amide bonds. The van der Waals surface area contributed by atoms with E-state index in [0.29, 0.717) is 33.3 Å². The summed E-state index contributed by atoms with van der Waals surface area (Å²) < 4.78 is 20.6. The summed E-state index contributed by atoms with van der Waals surface area (Å²) in [5.74, 6) is -0.639. The van der Waals surface area contributed by atoms with Crippen LogP contribution in [0.25, 0.3) is 4.96 Å². The molecule has 8 heteroatoms. The van der Waals surface area contributed by atoms with Crippen LogP contribution in [0.15, 0.2) is 29.1 Å². The zero-order valence-corrected chi connectivity index (χ0v) is 15.4. The number of aryl methyl sites for hydroxylation is 1. The van der Waals surface area contributed by atoms with Crippen LogP contribution in [-0.4, -0.2) is 28.9 Å². The first kappa shape index (κ1) is 18.1. The van der Waals surface area contributed by atoms with Crippen molar-refractivity contribution >= 4 is 22.2 Å². The van der Waals surface area contributed by atoms with Gasteiger partial charge in [-0.2, -0.15) is 0 Å². The van der Waals surface area contributed by atoms with E-state index in [2.05, 4.69) is 10.3 Å². The monoisotopic (exact) mass is 375 g/mol. The smallest absolute Gasteiger partial charge is 0.269 e. The number of carbonyl (C=O) groups excluding carboxylic acids is 1. The summed E-state index contributed by atoms with van der Waals surface area (Å²) >= 11 is 1.26. The molecule has 0 aliphatic rings. The number of aromatic nitrogens is 2. The number of benzene rings is 1. The molecule has 136 valence electrons. The molecule has 0 unspecified atom stereocenters. The second-order valence-corrected chi connectivity index (χ2v) is 6.86. The van der Waals surface area contributed by atoms with E-state index in [-0.39, 0.29) is 23.6 Å². The SMILES string of the molecule is CCNC(=O)c1c(C)sc2nc(Cc3cccc(OC)c3F)cc(=O)n12. The summed E-state index contributed by atoms with van der Waals surface area (Å²) in [6.07, 6.45) is 0.155. The first-order chi connectivity index (χ1) is 12.5. The van der Waals surface area contributed by atoms with Crippen LogP contribution >= 0.6 is 11.3 Å². The van der Waals surface area contributed by atoms with E-state index in [1.165, 1.54) is 35.0 Å². The molecular weight excluding hydrogens is 357 g/mol. The number of carbonyl (C=O) groups is 1. The predicted molar refractivity (Wildman–Crippen MR) is 97.8 cm³/mol. The van der Waals surface area contributed by atoms with Crippen molar-refractivity contribution in [2.45, 2.75) is 20.3 Å². The fraction of sp³-hybridized carbons (Fsp3) is 0.278. The van der Waals surface area contributed by atoms with Gasteiger partial charge in [-0.15, -0.1) is 11.3 Å². The van der Waals surface area contributed by atoms with Gasteiger partial charge >= 0.3 is 0 Å². The third-order valence-corrected chi connectivity index (χ3v) is 4.89. The summed E-state index contributed by atoms with van der Waals surface area (Å²) in [7, 11) is 1.40. The Bertz CT molecular complexity index is 1040. The minimum Gasteiger partial charge on any atom is -0.494 e. The normalized spacial score (nSPS) is 10.9. The van der Waals surface area contributed by atoms with Crippen molar-refractivity contribution in [3.05, 3.63) is 62.3 Å². The van der Waals surface area contributed by atoms with Gasteiger partial charge in [0.2, 0.25) is 0 Å². The summed E-state index contributed by atoms with van der Waals surface area (Å²) in [4.78, 5) is 30.4. The quantitative estimate of drug-likeness (QED) is 0.744. The molecule has 0 fully saturated rings. The van der Waals surface area contributed by atoms with Crippen LogP contribution < -0.4 is 15.6 Å². The highest BCUT2D eigenvalue weighted by atomic mass is 32.1. The number of hydrogen-bond acceptors (Lipinski definition) is 5. The molecule has 0 aliphatic heterocycles. The Morgan fingerprint density at radius 3 is 2.88 bits per heavy atom. The standard InChI is InChI=1S/C18H18FN3O3S/c1-4-20-17(24)16-10(2)26-18-21-12(9-14(23)22(16)18)8-11-6-5-7-13(25-3)15(11)19/h5-7,9H,4,8H2,1-3H3,(H,20,24). The topological polar surface area (TPSA) is 72.7 Å². The minimum absolute atomic E-state index is 0.144. The Kier molecular flexibility index (Phi) is 5.03. The van der Waals surface area contributed by atoms with Gasteiger partial charge in [0.25, 0.3) is 11.5 Å². The number of methoxy groups -OCH3 is 1. The second kappa shape index (κ2) is 7.25. The predicted octanol–water partition coefficient (Wildman–Crippen LogP) is 2.55. The Morgan fingerprint density at radius 2 is 2.19 bits per heavy atom. The molecule has 0 atom stereocenters. The molecule has 0 bridgehead atoms. The van der Waals surface area contributed by atoms with Crippen molar-refractivity contribution in [1.29, 1.82) is 0 Å². The maximum Gasteiger partial charge on any atom is 0.269 e. The number of thiazole rings is 1. The lowest BCUT2D eigenvalue weighted by Crippen LogP contribution is -2.28. The molecule has 0 aliphatic carbocycles. The van der Waals surface area contributed by atoms with Gasteiger partial charge in [0.05, 0.1) is 12.8 Å². The van der Waals surface area contributed by atoms with Crippen molar-refractivity contribution in [3.8, 4) is 5.75 Å². The molecule has 1 N–H and O–H groups in total. The van der Waals surface area contributed by atoms with Crippen LogP contribution in [-0.2, 0) is 6.42 Å². The Hall–Kier alpha value is -2.74. The van der Waals surface area contributed by atoms with Crippen LogP contribution in [0.1, 0.15) is 33.5 Å². The number of nitrogens with one attached hydrogen (secondary N) is 1. The zero-order chi connectivity index (χ0) is 18.8. The van der Waals surface area contributed by atoms with Crippen LogP contribution in [0.4, 0.5) is 4.39 Å². The van der Waals surface area contributed by atoms with E-state index in [1.807, 2.05) is 6.92 Å². The van der Waals surface area contributed by atoms with Crippen molar-refractivity contribution in [3.63, 3.8) is 0 Å². The maximum absolute atomic E-state index is 14.3. The van der Waals surface area contributed by atoms with Crippen molar-refractivity contribution in [1.82, 2.24) is 14.7 Å². The summed E-state index contributed by atoms with van der Waals surface area (Å²) in [5.41, 5.74) is 0.756. The highest BCUT2D eigenvalue weighted by molar-refractivity contribution is 7.17. The molecule has 6 nitrogen and oxygen atoms in total. The number of ether oxygens (including phenoxy) is 1. The van der Waals surface area contributed by atoms with Crippen molar-refractivity contribution in [2.24, 2.45) is 0 Å². The number of amides is 1. The number of halogens is 1. The van der Waals surface area contributed by atoms with Gasteiger partial charge in [-0.05, 0) is 25.5 Å². The molecular formula is C18H18FN3O3S. The second-order valence-electron chi connectivity index (χ2n) is 5.68. The van der Waals surface area contributed by atoms with Crippen molar-refractivity contribution < 1.29 is 13.9 Å². The summed E-state index contributed by atoms with van der Waals surface area (Å²) in [6.45, 7) is 4.04. The van der Waals surface area contributed by atoms with E-state index in [0.717, 1.165) is 0 Å². The average molecular weight is 375 g/mol. The van der Waals surface area contributed by atoms with Gasteiger partial charge in [0.1, 0.15) is 5.69 Å². The van der Waals surface area contributed by atoms with Crippen LogP contribution in [0.3, 0.4) is 0 Å². The van der Waals surface area contributed by atoms with E-state index < -0.39 is 5.82 Å². The fourth-order valence-corrected chi connectivity index (χ4v) is 3.76. The molecule has 2 aromatic heterocycles. The van der Waals surface area contributed by atoms with Gasteiger partial charge in [0.15, 0.2) is 16.5 Å². The van der Waals surface area contributed by atoms with Gasteiger partial charge < -0.3 is 10.1 Å². The fourth-order valence-electron chi connectivity index (χ4n) is 2.77. The molecule has 3 rings (SSSR count). The first-order valence-corrected chi connectivity index (χ1v) is 8.89. The van der Waals surface area contributed by atoms with Crippen LogP contribution in [0.5, 0.6) is 5.75 Å². The molecule has 2 heterocycles. The Balaban J connectivity index is 2.06. The van der Waals surface area contributed by atoms with Crippen LogP contribution in [0, 0.1) is 12.7 Å². The average Bonchev–Trinajstić information content (AvgIpc) is 2.93. The third-order valence-electron chi connectivity index (χ3n) is 3.93. The van der Waals surface area contributed by atoms with Gasteiger partial charge in [0, 0.05) is 23.9 Å². The number of fused-ring (bicyclic) bond motifs is 1. The lowest BCUT2D eigenvalue weighted by atomic mass is 10.1. The summed E-state index contributed by atoms with van der Waals surface area (Å²) in [5, 5.41) is 2.70. The number of rotatable bonds is 5. The highest BCUT2D eigenvalue weighted by Gasteiger charge is 2.19. The van der Waals surface area contributed by atoms with Crippen molar-refractivity contribution in [2.75, 3.05) is 13.7 Å². The molecule has 0 saturated heterocycles. The van der Waals surface area contributed by atoms with Gasteiger partial charge in [-0.25, -0.2) is 13.8 Å². The molecule has 0 radical (unpaired) electrons. The molecule has 0 spiro atoms. The number of nitrogens with zero attached hydrogens (tertiary/aromatic N) is 2. The van der Waals surface area contributed by atoms with Gasteiger partial charge in [-0.3, -0.25) is 9.59 Å². The minimum atomic E-state index is -0.470. The van der Waals surface area contributed by atoms with Gasteiger partial charge in [-0.1, -0.05) is 12.1 Å². The third kappa shape index (κ3) is 3.20. The maximum atomic E-state index is 14.3. The largest absolute Gasteiger partial charge is 0.494 e. The molecule has 26 heavy (non-hydrogen) atoms. The highest BCUT2D eigenvalue weighted by Crippen LogP contribution is 2.23. The Labute approximate surface area is 153 Å². The molecule has 0 saturated carbocycles. The van der Waals surface area contributed by atoms with E-state index >= 15 is 0 Å². The van der Waals surface area contributed by atoms with E-state index in [1.54, 1.807) is 19.1 Å². The van der Waals surface area contributed by atoms with E-state index in [4.69, 9.17) is 4.74 Å². The lowest BCUT2D eigenvalue weighted by Gasteiger charge is -2.07. The van der Waals surface area contributed by atoms with E-state index in [9.17, 15) is 14.0 Å². The number of hydrogen-bond donors (Lipinski definition) is 1. The lowest BCUT2D eigenvalue weighted by molar-refractivity contribution is 0.0949. The first-order valence-electron chi connectivity index (χ1n) is 8.08. The molecule has 3 aromatic rings. The zero-order valence-electron chi connectivity index (χ0n) is 14.6. The summed E-state index contributed by atoms with van der Waals surface area (Å²) in [6, 6.07) is 6.18.